The lowest BCUT2D eigenvalue weighted by Gasteiger charge is -2.23. The Balaban J connectivity index is 1.64. The predicted octanol–water partition coefficient (Wildman–Crippen LogP) is 3.89. The number of anilines is 4. The van der Waals surface area contributed by atoms with Crippen LogP contribution in [0.3, 0.4) is 0 Å². The van der Waals surface area contributed by atoms with Crippen LogP contribution in [0, 0.1) is 0 Å². The summed E-state index contributed by atoms with van der Waals surface area (Å²) in [6.07, 6.45) is -0.191. The number of rotatable bonds is 5. The van der Waals surface area contributed by atoms with Crippen molar-refractivity contribution < 1.29 is 14.3 Å². The van der Waals surface area contributed by atoms with Gasteiger partial charge in [-0.25, -0.2) is 0 Å². The van der Waals surface area contributed by atoms with Crippen molar-refractivity contribution in [1.82, 2.24) is 9.97 Å². The molecule has 4 N–H and O–H groups in total. The second-order valence-electron chi connectivity index (χ2n) is 6.95. The minimum atomic E-state index is -1.02. The Morgan fingerprint density at radius 2 is 2.00 bits per heavy atom. The van der Waals surface area contributed by atoms with Crippen LogP contribution in [0.25, 0.3) is 0 Å². The first-order valence-electron chi connectivity index (χ1n) is 9.45. The summed E-state index contributed by atoms with van der Waals surface area (Å²) in [4.78, 5) is 44.9. The lowest BCUT2D eigenvalue weighted by molar-refractivity contribution is -0.123. The van der Waals surface area contributed by atoms with Crippen LogP contribution in [-0.4, -0.2) is 28.9 Å². The van der Waals surface area contributed by atoms with Crippen molar-refractivity contribution in [3.8, 4) is 5.75 Å². The van der Waals surface area contributed by atoms with E-state index < -0.39 is 23.3 Å². The first-order valence-corrected chi connectivity index (χ1v) is 10.2. The van der Waals surface area contributed by atoms with Crippen LogP contribution < -0.4 is 26.2 Å². The monoisotopic (exact) mass is 473 g/mol. The Bertz CT molecular complexity index is 1280. The highest BCUT2D eigenvalue weighted by Gasteiger charge is 2.34. The molecular formula is C21H17Cl2N5O4. The van der Waals surface area contributed by atoms with Gasteiger partial charge < -0.3 is 20.7 Å². The average Bonchev–Trinajstić information content (AvgIpc) is 2.75. The van der Waals surface area contributed by atoms with Gasteiger partial charge in [-0.3, -0.25) is 19.4 Å². The molecule has 4 rings (SSSR count). The number of aromatic amines is 1. The molecule has 0 saturated heterocycles. The van der Waals surface area contributed by atoms with E-state index in [-0.39, 0.29) is 23.8 Å². The second-order valence-corrected chi connectivity index (χ2v) is 7.80. The normalized spacial score (nSPS) is 14.8. The third-order valence-electron chi connectivity index (χ3n) is 4.79. The van der Waals surface area contributed by atoms with Crippen molar-refractivity contribution in [3.63, 3.8) is 0 Å². The van der Waals surface area contributed by atoms with Crippen LogP contribution in [0.1, 0.15) is 17.9 Å². The van der Waals surface area contributed by atoms with Gasteiger partial charge in [0.05, 0.1) is 29.3 Å². The largest absolute Gasteiger partial charge is 0.497 e. The number of amides is 2. The molecule has 1 atom stereocenters. The first-order chi connectivity index (χ1) is 15.3. The zero-order valence-corrected chi connectivity index (χ0v) is 18.2. The molecule has 0 radical (unpaired) electrons. The number of hydrogen-bond donors (Lipinski definition) is 4. The summed E-state index contributed by atoms with van der Waals surface area (Å²) < 4.78 is 5.15. The molecule has 1 aliphatic rings. The third kappa shape index (κ3) is 4.53. The molecule has 2 heterocycles. The van der Waals surface area contributed by atoms with Crippen LogP contribution in [0.15, 0.2) is 47.3 Å². The number of carbonyl (C=O) groups is 2. The zero-order chi connectivity index (χ0) is 22.8. The number of halogens is 2. The van der Waals surface area contributed by atoms with Crippen molar-refractivity contribution >= 4 is 58.2 Å². The highest BCUT2D eigenvalue weighted by Crippen LogP contribution is 2.32. The number of fused-ring (bicyclic) bond motifs is 1. The molecule has 3 aromatic rings. The van der Waals surface area contributed by atoms with Gasteiger partial charge in [-0.1, -0.05) is 29.3 Å². The zero-order valence-electron chi connectivity index (χ0n) is 16.7. The van der Waals surface area contributed by atoms with Crippen LogP contribution >= 0.6 is 23.2 Å². The van der Waals surface area contributed by atoms with Crippen molar-refractivity contribution in [1.29, 1.82) is 0 Å². The van der Waals surface area contributed by atoms with E-state index in [0.717, 1.165) is 0 Å². The number of benzene rings is 2. The van der Waals surface area contributed by atoms with Gasteiger partial charge in [-0.15, -0.1) is 0 Å². The maximum absolute atomic E-state index is 12.9. The summed E-state index contributed by atoms with van der Waals surface area (Å²) in [7, 11) is 1.51. The molecule has 11 heteroatoms. The molecular weight excluding hydrogens is 457 g/mol. The van der Waals surface area contributed by atoms with Gasteiger partial charge >= 0.3 is 0 Å². The molecule has 0 fully saturated rings. The molecule has 1 unspecified atom stereocenters. The Kier molecular flexibility index (Phi) is 6.02. The number of nitrogens with one attached hydrogen (secondary N) is 4. The van der Waals surface area contributed by atoms with Crippen LogP contribution in [0.4, 0.5) is 23.1 Å². The summed E-state index contributed by atoms with van der Waals surface area (Å²) in [5.41, 5.74) is 0.432. The van der Waals surface area contributed by atoms with E-state index in [4.69, 9.17) is 27.9 Å². The highest BCUT2D eigenvalue weighted by atomic mass is 35.5. The van der Waals surface area contributed by atoms with E-state index in [1.165, 1.54) is 13.2 Å². The molecule has 2 aromatic carbocycles. The summed E-state index contributed by atoms with van der Waals surface area (Å²) in [6.45, 7) is 0. The van der Waals surface area contributed by atoms with Gasteiger partial charge in [-0.2, -0.15) is 4.98 Å². The molecule has 32 heavy (non-hydrogen) atoms. The molecule has 0 bridgehead atoms. The maximum atomic E-state index is 12.9. The number of methoxy groups -OCH3 is 1. The van der Waals surface area contributed by atoms with Gasteiger partial charge in [0.2, 0.25) is 17.8 Å². The fraction of sp³-hybridized carbons (Fsp3) is 0.143. The minimum Gasteiger partial charge on any atom is -0.497 e. The smallest absolute Gasteiger partial charge is 0.258 e. The molecule has 1 aliphatic heterocycles. The quantitative estimate of drug-likeness (QED) is 0.445. The van der Waals surface area contributed by atoms with Crippen molar-refractivity contribution in [2.45, 2.75) is 12.3 Å². The van der Waals surface area contributed by atoms with Gasteiger partial charge in [0.15, 0.2) is 0 Å². The van der Waals surface area contributed by atoms with E-state index in [1.54, 1.807) is 36.4 Å². The Labute approximate surface area is 192 Å². The fourth-order valence-electron chi connectivity index (χ4n) is 3.30. The Morgan fingerprint density at radius 3 is 2.75 bits per heavy atom. The van der Waals surface area contributed by atoms with Gasteiger partial charge in [0, 0.05) is 23.2 Å². The molecule has 9 nitrogen and oxygen atoms in total. The Morgan fingerprint density at radius 1 is 1.19 bits per heavy atom. The number of nitrogens with zero attached hydrogens (tertiary/aromatic N) is 1. The second kappa shape index (κ2) is 8.89. The van der Waals surface area contributed by atoms with Crippen molar-refractivity contribution in [3.05, 3.63) is 68.4 Å². The van der Waals surface area contributed by atoms with Gasteiger partial charge in [-0.05, 0) is 30.3 Å². The van der Waals surface area contributed by atoms with Gasteiger partial charge in [0.1, 0.15) is 11.6 Å². The number of hydrogen-bond acceptors (Lipinski definition) is 6. The Hall–Kier alpha value is -3.56. The van der Waals surface area contributed by atoms with Crippen LogP contribution in [-0.2, 0) is 9.59 Å². The molecule has 2 amide bonds. The summed E-state index contributed by atoms with van der Waals surface area (Å²) >= 11 is 12.0. The van der Waals surface area contributed by atoms with E-state index in [9.17, 15) is 14.4 Å². The number of aromatic nitrogens is 2. The predicted molar refractivity (Wildman–Crippen MR) is 122 cm³/mol. The van der Waals surface area contributed by atoms with Gasteiger partial charge in [0.25, 0.3) is 5.56 Å². The lowest BCUT2D eigenvalue weighted by Crippen LogP contribution is -2.36. The van der Waals surface area contributed by atoms with Crippen molar-refractivity contribution in [2.75, 3.05) is 23.1 Å². The van der Waals surface area contributed by atoms with Crippen LogP contribution in [0.2, 0.25) is 10.0 Å². The molecule has 0 saturated carbocycles. The minimum absolute atomic E-state index is 0.00313. The van der Waals surface area contributed by atoms with E-state index in [2.05, 4.69) is 25.9 Å². The number of carbonyl (C=O) groups excluding carboxylic acids is 2. The molecule has 164 valence electrons. The maximum Gasteiger partial charge on any atom is 0.258 e. The summed E-state index contributed by atoms with van der Waals surface area (Å²) in [5, 5.41) is 8.92. The molecule has 1 aromatic heterocycles. The molecule has 0 spiro atoms. The highest BCUT2D eigenvalue weighted by molar-refractivity contribution is 6.36. The SMILES string of the molecule is COc1cccc(NC(=O)C2CC(=O)Nc3nc(Nc4ccc(Cl)cc4Cl)[nH]c(=O)c32)c1. The summed E-state index contributed by atoms with van der Waals surface area (Å²) in [6, 6.07) is 11.5. The van der Waals surface area contributed by atoms with E-state index in [1.807, 2.05) is 0 Å². The molecule has 0 aliphatic carbocycles. The van der Waals surface area contributed by atoms with Crippen molar-refractivity contribution in [2.24, 2.45) is 0 Å². The van der Waals surface area contributed by atoms with E-state index >= 15 is 0 Å². The van der Waals surface area contributed by atoms with Crippen LogP contribution in [0.5, 0.6) is 5.75 Å². The summed E-state index contributed by atoms with van der Waals surface area (Å²) in [5.74, 6) is -1.36. The average molecular weight is 474 g/mol. The fourth-order valence-corrected chi connectivity index (χ4v) is 3.76. The first kappa shape index (κ1) is 21.7. The lowest BCUT2D eigenvalue weighted by atomic mass is 9.92. The third-order valence-corrected chi connectivity index (χ3v) is 5.34. The number of ether oxygens (including phenoxy) is 1. The topological polar surface area (TPSA) is 125 Å². The standard InChI is InChI=1S/C21H17Cl2N5O4/c1-32-12-4-2-3-11(8-12)24-19(30)13-9-16(29)26-18-17(13)20(31)28-21(27-18)25-15-6-5-10(22)7-14(15)23/h2-8,13H,9H2,1H3,(H,24,30)(H3,25,26,27,28,29,31). The number of H-pyrrole nitrogens is 1. The van der Waals surface area contributed by atoms with E-state index in [0.29, 0.717) is 27.2 Å².